The van der Waals surface area contributed by atoms with Crippen LogP contribution in [0.1, 0.15) is 63.7 Å². The number of esters is 1. The topological polar surface area (TPSA) is 211 Å². The molecule has 1 aromatic heterocycles. The molecule has 1 spiro atoms. The molecule has 8 N–H and O–H groups in total. The van der Waals surface area contributed by atoms with Gasteiger partial charge in [-0.3, -0.25) is 15.4 Å². The van der Waals surface area contributed by atoms with E-state index in [0.29, 0.717) is 56.0 Å². The summed E-state index contributed by atoms with van der Waals surface area (Å²) >= 11 is 0. The van der Waals surface area contributed by atoms with E-state index in [0.717, 1.165) is 24.2 Å². The standard InChI is InChI=1S/C43H59N9O6/c1-26(38(55)51-40-47-16-17-48-40)49-34-23-32-41(2,14-13-35(54)42(32,3)24-53)33(43(34)25-57-43)22-31(50-36-8-6-7-15-45-36)30-21-29(58-39(30)56)20-27-9-11-28(12-10-27)37(44)46-18-19-52(4)5/h6-12,15-16,20-21,26,31-35,37,46,49,53-54H,13-14,17-19,22-25,44H2,1-5H3,(H,45,50)(H,48,51,55)/b29-20+/t26?,31?,32?,33?,34?,35-,37?,41+,42+,43?/m1/s1. The molecule has 7 rings (SSSR count). The molecule has 7 unspecified atom stereocenters. The lowest BCUT2D eigenvalue weighted by molar-refractivity contribution is -0.184. The van der Waals surface area contributed by atoms with Gasteiger partial charge in [-0.05, 0) is 99.4 Å². The molecule has 3 aliphatic heterocycles. The normalized spacial score (nSPS) is 32.4. The summed E-state index contributed by atoms with van der Waals surface area (Å²) in [6.45, 7) is 8.32. The van der Waals surface area contributed by atoms with Gasteiger partial charge in [0, 0.05) is 37.0 Å². The molecule has 4 heterocycles. The van der Waals surface area contributed by atoms with Crippen LogP contribution in [-0.2, 0) is 19.1 Å². The van der Waals surface area contributed by atoms with Crippen LogP contribution in [0.2, 0.25) is 0 Å². The number of epoxide rings is 1. The molecule has 5 aliphatic rings. The Morgan fingerprint density at radius 2 is 1.95 bits per heavy atom. The highest BCUT2D eigenvalue weighted by Gasteiger charge is 2.71. The van der Waals surface area contributed by atoms with E-state index < -0.39 is 40.6 Å². The molecule has 1 saturated heterocycles. The van der Waals surface area contributed by atoms with Crippen LogP contribution in [0, 0.1) is 22.7 Å². The number of allylic oxidation sites excluding steroid dienone is 1. The number of fused-ring (bicyclic) bond motifs is 1. The summed E-state index contributed by atoms with van der Waals surface area (Å²) in [5, 5.41) is 35.7. The maximum absolute atomic E-state index is 13.9. The Balaban J connectivity index is 1.19. The van der Waals surface area contributed by atoms with Crippen molar-refractivity contribution in [1.82, 2.24) is 25.8 Å². The molecule has 0 bridgehead atoms. The number of cyclic esters (lactones) is 1. The molecule has 58 heavy (non-hydrogen) atoms. The van der Waals surface area contributed by atoms with Gasteiger partial charge in [0.1, 0.15) is 17.2 Å². The number of carbonyl (C=O) groups excluding carboxylic acids is 2. The Kier molecular flexibility index (Phi) is 12.3. The minimum absolute atomic E-state index is 0.153. The second kappa shape index (κ2) is 17.1. The number of anilines is 1. The van der Waals surface area contributed by atoms with Gasteiger partial charge in [0.2, 0.25) is 11.9 Å². The third kappa shape index (κ3) is 8.53. The van der Waals surface area contributed by atoms with E-state index in [-0.39, 0.29) is 42.5 Å². The van der Waals surface area contributed by atoms with Crippen molar-refractivity contribution in [2.45, 2.75) is 82.5 Å². The molecule has 2 aromatic rings. The lowest BCUT2D eigenvalue weighted by Gasteiger charge is -2.63. The zero-order valence-electron chi connectivity index (χ0n) is 34.1. The van der Waals surface area contributed by atoms with Gasteiger partial charge in [0.15, 0.2) is 0 Å². The summed E-state index contributed by atoms with van der Waals surface area (Å²) in [6, 6.07) is 11.9. The van der Waals surface area contributed by atoms with Crippen molar-refractivity contribution >= 4 is 35.9 Å². The van der Waals surface area contributed by atoms with Crippen LogP contribution in [0.4, 0.5) is 5.82 Å². The number of ether oxygens (including phenoxy) is 2. The van der Waals surface area contributed by atoms with Gasteiger partial charge in [-0.2, -0.15) is 0 Å². The van der Waals surface area contributed by atoms with E-state index in [4.69, 9.17) is 15.2 Å². The van der Waals surface area contributed by atoms with Gasteiger partial charge in [0.25, 0.3) is 0 Å². The number of likely N-dealkylation sites (N-methyl/N-ethyl adjacent to an activating group) is 1. The van der Waals surface area contributed by atoms with Crippen molar-refractivity contribution < 1.29 is 29.3 Å². The van der Waals surface area contributed by atoms with Crippen molar-refractivity contribution in [2.75, 3.05) is 52.3 Å². The van der Waals surface area contributed by atoms with Crippen molar-refractivity contribution in [2.24, 2.45) is 38.4 Å². The average Bonchev–Trinajstić information content (AvgIpc) is 3.65. The predicted molar refractivity (Wildman–Crippen MR) is 222 cm³/mol. The number of nitrogens with zero attached hydrogens (tertiary/aromatic N) is 4. The minimum Gasteiger partial charge on any atom is -0.423 e. The van der Waals surface area contributed by atoms with Crippen LogP contribution in [0.5, 0.6) is 0 Å². The van der Waals surface area contributed by atoms with Crippen molar-refractivity contribution in [3.8, 4) is 0 Å². The van der Waals surface area contributed by atoms with Crippen LogP contribution in [-0.4, -0.2) is 121 Å². The number of guanidine groups is 1. The van der Waals surface area contributed by atoms with E-state index in [9.17, 15) is 19.8 Å². The van der Waals surface area contributed by atoms with E-state index in [1.165, 1.54) is 0 Å². The SMILES string of the molecule is CC(NC1CC2[C@](C)(CC[C@@H](O)[C@@]2(C)CO)C(CC(Nc2ccccn2)C2=C/C(=C\c3ccc(C(N)NCCN(C)C)cc3)OC2=O)C12CO2)C(=O)NC1=NCC=N1. The number of benzene rings is 1. The fraction of sp³-hybridized carbons (Fsp3) is 0.558. The van der Waals surface area contributed by atoms with E-state index in [1.807, 2.05) is 69.6 Å². The predicted octanol–water partition coefficient (Wildman–Crippen LogP) is 2.35. The smallest absolute Gasteiger partial charge is 0.341 e. The molecule has 0 radical (unpaired) electrons. The number of carbonyl (C=O) groups is 2. The summed E-state index contributed by atoms with van der Waals surface area (Å²) in [5.74, 6) is 0.247. The zero-order valence-corrected chi connectivity index (χ0v) is 34.1. The molecule has 1 aromatic carbocycles. The molecule has 312 valence electrons. The Hall–Kier alpha value is -4.35. The average molecular weight is 798 g/mol. The first-order chi connectivity index (χ1) is 27.8. The Morgan fingerprint density at radius 1 is 1.17 bits per heavy atom. The largest absolute Gasteiger partial charge is 0.423 e. The van der Waals surface area contributed by atoms with Gasteiger partial charge >= 0.3 is 5.97 Å². The number of aliphatic imine (C=N–C) groups is 2. The van der Waals surface area contributed by atoms with Gasteiger partial charge in [-0.15, -0.1) is 0 Å². The number of nitrogens with two attached hydrogens (primary N) is 1. The lowest BCUT2D eigenvalue weighted by atomic mass is 9.43. The fourth-order valence-corrected chi connectivity index (χ4v) is 9.84. The maximum atomic E-state index is 13.9. The summed E-state index contributed by atoms with van der Waals surface area (Å²) in [5.41, 5.74) is 6.73. The summed E-state index contributed by atoms with van der Waals surface area (Å²) in [4.78, 5) is 42.3. The molecular formula is C43H59N9O6. The van der Waals surface area contributed by atoms with Crippen LogP contribution in [0.3, 0.4) is 0 Å². The number of amides is 1. The summed E-state index contributed by atoms with van der Waals surface area (Å²) in [6.07, 6.45) is 8.19. The molecule has 3 fully saturated rings. The van der Waals surface area contributed by atoms with Gasteiger partial charge in [-0.1, -0.05) is 44.2 Å². The first-order valence-corrected chi connectivity index (χ1v) is 20.4. The quantitative estimate of drug-likeness (QED) is 0.0787. The highest BCUT2D eigenvalue weighted by Crippen LogP contribution is 2.66. The Morgan fingerprint density at radius 3 is 2.60 bits per heavy atom. The van der Waals surface area contributed by atoms with Crippen LogP contribution >= 0.6 is 0 Å². The summed E-state index contributed by atoms with van der Waals surface area (Å²) in [7, 11) is 4.04. The molecule has 15 nitrogen and oxygen atoms in total. The highest BCUT2D eigenvalue weighted by atomic mass is 16.6. The maximum Gasteiger partial charge on any atom is 0.341 e. The van der Waals surface area contributed by atoms with Crippen LogP contribution in [0.25, 0.3) is 6.08 Å². The van der Waals surface area contributed by atoms with E-state index >= 15 is 0 Å². The molecule has 1 amide bonds. The summed E-state index contributed by atoms with van der Waals surface area (Å²) < 4.78 is 12.5. The van der Waals surface area contributed by atoms with Crippen molar-refractivity contribution in [3.63, 3.8) is 0 Å². The molecule has 10 atom stereocenters. The highest BCUT2D eigenvalue weighted by molar-refractivity contribution is 6.04. The zero-order chi connectivity index (χ0) is 41.2. The number of aliphatic hydroxyl groups is 2. The minimum atomic E-state index is -0.812. The first-order valence-electron chi connectivity index (χ1n) is 20.4. The van der Waals surface area contributed by atoms with Crippen molar-refractivity contribution in [3.05, 3.63) is 77.2 Å². The second-order valence-electron chi connectivity index (χ2n) is 17.3. The van der Waals surface area contributed by atoms with Gasteiger partial charge in [0.05, 0.1) is 49.7 Å². The van der Waals surface area contributed by atoms with Crippen LogP contribution < -0.4 is 27.0 Å². The van der Waals surface area contributed by atoms with Gasteiger partial charge in [-0.25, -0.2) is 19.8 Å². The fourth-order valence-electron chi connectivity index (χ4n) is 9.84. The third-order valence-electron chi connectivity index (χ3n) is 13.3. The van der Waals surface area contributed by atoms with Gasteiger partial charge < -0.3 is 41.0 Å². The molecule has 2 saturated carbocycles. The Labute approximate surface area is 340 Å². The Bertz CT molecular complexity index is 1930. The second-order valence-corrected chi connectivity index (χ2v) is 17.3. The number of hydrogen-bond donors (Lipinski definition) is 7. The number of nitrogens with one attached hydrogen (secondary N) is 4. The molecule has 15 heteroatoms. The third-order valence-corrected chi connectivity index (χ3v) is 13.3. The monoisotopic (exact) mass is 797 g/mol. The van der Waals surface area contributed by atoms with Crippen LogP contribution in [0.15, 0.2) is 76.1 Å². The number of aromatic nitrogens is 1. The number of aliphatic hydroxyl groups excluding tert-OH is 2. The molecular weight excluding hydrogens is 739 g/mol. The van der Waals surface area contributed by atoms with E-state index in [2.05, 4.69) is 48.1 Å². The number of rotatable bonds is 15. The number of pyridine rings is 1. The first kappa shape index (κ1) is 41.8. The number of hydrogen-bond acceptors (Lipinski definition) is 14. The lowest BCUT2D eigenvalue weighted by Crippen LogP contribution is -2.68. The molecule has 2 aliphatic carbocycles. The van der Waals surface area contributed by atoms with E-state index in [1.54, 1.807) is 25.4 Å². The van der Waals surface area contributed by atoms with Crippen molar-refractivity contribution in [1.29, 1.82) is 0 Å².